The Morgan fingerprint density at radius 1 is 0.184 bits per heavy atom. The summed E-state index contributed by atoms with van der Waals surface area (Å²) < 4.78 is 4.82. The maximum atomic E-state index is 2.45. The molecule has 1 aliphatic carbocycles. The summed E-state index contributed by atoms with van der Waals surface area (Å²) in [5.41, 5.74) is 28.5. The largest absolute Gasteiger partial charge is 0.309 e. The normalized spacial score (nSPS) is 12.5. The second-order valence-electron chi connectivity index (χ2n) is 23.1. The topological polar surface area (TPSA) is 9.86 Å². The zero-order valence-electron chi connectivity index (χ0n) is 47.7. The van der Waals surface area contributed by atoms with Crippen molar-refractivity contribution >= 4 is 43.6 Å². The average molecular weight is 1110 g/mol. The van der Waals surface area contributed by atoms with E-state index in [9.17, 15) is 0 Å². The third-order valence-electron chi connectivity index (χ3n) is 18.5. The fraction of sp³-hybridized carbons (Fsp3) is 0.0118. The van der Waals surface area contributed by atoms with Crippen molar-refractivity contribution in [2.75, 3.05) is 0 Å². The Morgan fingerprint density at radius 3 is 1.00 bits per heavy atom. The molecule has 0 saturated carbocycles. The van der Waals surface area contributed by atoms with Crippen molar-refractivity contribution in [2.24, 2.45) is 0 Å². The second-order valence-corrected chi connectivity index (χ2v) is 23.1. The Kier molecular flexibility index (Phi) is 11.8. The lowest BCUT2D eigenvalue weighted by molar-refractivity contribution is 0.771. The maximum absolute atomic E-state index is 2.45. The van der Waals surface area contributed by atoms with Crippen molar-refractivity contribution in [1.29, 1.82) is 0 Å². The third-order valence-corrected chi connectivity index (χ3v) is 18.5. The van der Waals surface area contributed by atoms with Crippen molar-refractivity contribution in [1.82, 2.24) is 9.13 Å². The highest BCUT2D eigenvalue weighted by Gasteiger charge is 2.47. The number of nitrogens with zero attached hydrogens (tertiary/aromatic N) is 2. The summed E-state index contributed by atoms with van der Waals surface area (Å²) >= 11 is 0. The van der Waals surface area contributed by atoms with Crippen molar-refractivity contribution in [3.05, 3.63) is 362 Å². The molecule has 14 aromatic carbocycles. The first-order chi connectivity index (χ1) is 43.2. The van der Waals surface area contributed by atoms with E-state index in [1.807, 2.05) is 0 Å². The molecule has 0 amide bonds. The fourth-order valence-corrected chi connectivity index (χ4v) is 14.5. The Labute approximate surface area is 506 Å². The van der Waals surface area contributed by atoms with Gasteiger partial charge in [-0.1, -0.05) is 273 Å². The maximum Gasteiger partial charge on any atom is 0.0719 e. The van der Waals surface area contributed by atoms with Crippen molar-refractivity contribution in [2.45, 2.75) is 5.41 Å². The van der Waals surface area contributed by atoms with E-state index in [1.54, 1.807) is 0 Å². The van der Waals surface area contributed by atoms with Gasteiger partial charge in [0.25, 0.3) is 0 Å². The van der Waals surface area contributed by atoms with Crippen LogP contribution in [0.25, 0.3) is 133 Å². The predicted molar refractivity (Wildman–Crippen MR) is 365 cm³/mol. The van der Waals surface area contributed by atoms with Crippen molar-refractivity contribution in [3.63, 3.8) is 0 Å². The standard InChI is InChI=1S/C85H56N2/c1-3-20-57(21-4-1)59-42-48-67(49-43-59)86-81-36-17-12-31-74(81)76-55-64(46-52-83(76)86)65-47-53-84-77(56-65)75-32-13-18-37-82(75)87(84)68-50-44-60(45-51-68)58-38-40-61(41-39-58)63-24-19-25-66(54-63)85(79-34-15-10-29-72(79)73-30-11-16-35-80(73)85)78-33-14-9-28-71(78)70-27-8-7-26-69(70)62-22-5-2-6-23-62/h1-56H. The molecule has 17 rings (SSSR count). The molecule has 0 spiro atoms. The molecule has 406 valence electrons. The van der Waals surface area contributed by atoms with Gasteiger partial charge >= 0.3 is 0 Å². The smallest absolute Gasteiger partial charge is 0.0719 e. The number of benzene rings is 14. The fourth-order valence-electron chi connectivity index (χ4n) is 14.5. The Balaban J connectivity index is 0.700. The molecule has 2 heterocycles. The number of para-hydroxylation sites is 2. The first-order valence-corrected chi connectivity index (χ1v) is 30.1. The minimum Gasteiger partial charge on any atom is -0.309 e. The van der Waals surface area contributed by atoms with Crippen LogP contribution in [-0.4, -0.2) is 9.13 Å². The van der Waals surface area contributed by atoms with Gasteiger partial charge in [0.05, 0.1) is 27.5 Å². The van der Waals surface area contributed by atoms with Crippen LogP contribution in [-0.2, 0) is 5.41 Å². The van der Waals surface area contributed by atoms with Gasteiger partial charge in [0.1, 0.15) is 0 Å². The zero-order chi connectivity index (χ0) is 57.4. The molecule has 0 unspecified atom stereocenters. The van der Waals surface area contributed by atoms with Crippen LogP contribution in [0.1, 0.15) is 22.3 Å². The highest BCUT2D eigenvalue weighted by atomic mass is 15.0. The van der Waals surface area contributed by atoms with E-state index in [1.165, 1.54) is 144 Å². The number of aromatic nitrogens is 2. The van der Waals surface area contributed by atoms with Crippen LogP contribution in [0.2, 0.25) is 0 Å². The monoisotopic (exact) mass is 1100 g/mol. The molecule has 2 heteroatoms. The van der Waals surface area contributed by atoms with Crippen molar-refractivity contribution < 1.29 is 0 Å². The van der Waals surface area contributed by atoms with Gasteiger partial charge in [0.2, 0.25) is 0 Å². The SMILES string of the molecule is c1ccc(-c2ccc(-n3c4ccccc4c4cc(-c5ccc6c(c5)c5ccccc5n6-c5ccc(-c6ccc(-c7cccc(C8(c9ccccc9-c9ccccc9-c9ccccc9)c9ccccc9-c9ccccc98)c7)cc6)cc5)ccc43)cc2)cc1. The number of fused-ring (bicyclic) bond motifs is 9. The molecule has 0 aliphatic heterocycles. The summed E-state index contributed by atoms with van der Waals surface area (Å²) in [5.74, 6) is 0. The number of hydrogen-bond acceptors (Lipinski definition) is 0. The molecule has 0 atom stereocenters. The van der Waals surface area contributed by atoms with Gasteiger partial charge in [-0.25, -0.2) is 0 Å². The van der Waals surface area contributed by atoms with E-state index >= 15 is 0 Å². The van der Waals surface area contributed by atoms with Gasteiger partial charge in [0, 0.05) is 32.9 Å². The minimum atomic E-state index is -0.597. The van der Waals surface area contributed by atoms with E-state index in [0.29, 0.717) is 0 Å². The molecule has 2 nitrogen and oxygen atoms in total. The van der Waals surface area contributed by atoms with E-state index in [4.69, 9.17) is 0 Å². The lowest BCUT2D eigenvalue weighted by Crippen LogP contribution is -2.29. The summed E-state index contributed by atoms with van der Waals surface area (Å²) in [7, 11) is 0. The first-order valence-electron chi connectivity index (χ1n) is 30.1. The van der Waals surface area contributed by atoms with Crippen LogP contribution in [0.5, 0.6) is 0 Å². The third kappa shape index (κ3) is 8.10. The second kappa shape index (κ2) is 20.5. The van der Waals surface area contributed by atoms with E-state index in [-0.39, 0.29) is 0 Å². The lowest BCUT2D eigenvalue weighted by atomic mass is 9.65. The van der Waals surface area contributed by atoms with Gasteiger partial charge in [-0.15, -0.1) is 0 Å². The summed E-state index contributed by atoms with van der Waals surface area (Å²) in [4.78, 5) is 0. The van der Waals surface area contributed by atoms with Crippen LogP contribution >= 0.6 is 0 Å². The Morgan fingerprint density at radius 2 is 0.506 bits per heavy atom. The zero-order valence-corrected chi connectivity index (χ0v) is 47.7. The predicted octanol–water partition coefficient (Wildman–Crippen LogP) is 22.2. The van der Waals surface area contributed by atoms with E-state index in [0.717, 1.165) is 11.4 Å². The molecule has 0 fully saturated rings. The molecule has 0 saturated heterocycles. The molecule has 2 aromatic heterocycles. The molecule has 16 aromatic rings. The van der Waals surface area contributed by atoms with Crippen molar-refractivity contribution in [3.8, 4) is 89.3 Å². The molecule has 1 aliphatic rings. The summed E-state index contributed by atoms with van der Waals surface area (Å²) in [6.45, 7) is 0. The average Bonchev–Trinajstić information content (AvgIpc) is 1.60. The minimum absolute atomic E-state index is 0.597. The Bertz CT molecular complexity index is 5250. The van der Waals surface area contributed by atoms with Crippen LogP contribution in [0.3, 0.4) is 0 Å². The molecular weight excluding hydrogens is 1050 g/mol. The van der Waals surface area contributed by atoms with Crippen LogP contribution in [0, 0.1) is 0 Å². The van der Waals surface area contributed by atoms with Crippen LogP contribution < -0.4 is 0 Å². The quantitative estimate of drug-likeness (QED) is 0.129. The van der Waals surface area contributed by atoms with Gasteiger partial charge < -0.3 is 9.13 Å². The molecular formula is C85H56N2. The number of rotatable bonds is 10. The molecule has 0 N–H and O–H groups in total. The highest BCUT2D eigenvalue weighted by molar-refractivity contribution is 6.13. The summed E-state index contributed by atoms with van der Waals surface area (Å²) in [6.07, 6.45) is 0. The van der Waals surface area contributed by atoms with Gasteiger partial charge in [-0.05, 0) is 167 Å². The van der Waals surface area contributed by atoms with Crippen LogP contribution in [0.15, 0.2) is 340 Å². The van der Waals surface area contributed by atoms with E-state index in [2.05, 4.69) is 349 Å². The molecule has 87 heavy (non-hydrogen) atoms. The summed E-state index contributed by atoms with van der Waals surface area (Å²) in [6, 6.07) is 126. The molecule has 0 bridgehead atoms. The molecule has 0 radical (unpaired) electrons. The van der Waals surface area contributed by atoms with Gasteiger partial charge in [-0.3, -0.25) is 0 Å². The Hall–Kier alpha value is -11.3. The van der Waals surface area contributed by atoms with Gasteiger partial charge in [-0.2, -0.15) is 0 Å². The highest BCUT2D eigenvalue weighted by Crippen LogP contribution is 2.58. The van der Waals surface area contributed by atoms with Gasteiger partial charge in [0.15, 0.2) is 0 Å². The lowest BCUT2D eigenvalue weighted by Gasteiger charge is -2.36. The van der Waals surface area contributed by atoms with E-state index < -0.39 is 5.41 Å². The van der Waals surface area contributed by atoms with Crippen LogP contribution in [0.4, 0.5) is 0 Å². The number of hydrogen-bond donors (Lipinski definition) is 0. The first kappa shape index (κ1) is 50.2. The summed E-state index contributed by atoms with van der Waals surface area (Å²) in [5, 5.41) is 4.96.